The van der Waals surface area contributed by atoms with Crippen molar-refractivity contribution in [3.63, 3.8) is 0 Å². The molecule has 42 heavy (non-hydrogen) atoms. The molecule has 2 aromatic carbocycles. The molecule has 0 aliphatic rings. The third-order valence-corrected chi connectivity index (χ3v) is 7.59. The van der Waals surface area contributed by atoms with Crippen LogP contribution in [0.3, 0.4) is 0 Å². The van der Waals surface area contributed by atoms with Crippen LogP contribution in [0.2, 0.25) is 5.15 Å². The quantitative estimate of drug-likeness (QED) is 0.153. The summed E-state index contributed by atoms with van der Waals surface area (Å²) in [6, 6.07) is 13.0. The number of rotatable bonds is 5. The summed E-state index contributed by atoms with van der Waals surface area (Å²) in [5, 5.41) is 0.0821. The molecule has 0 atom stereocenters. The van der Waals surface area contributed by atoms with Crippen LogP contribution in [0.1, 0.15) is 17.2 Å². The minimum absolute atomic E-state index is 0.000930. The number of pyridine rings is 1. The van der Waals surface area contributed by atoms with E-state index >= 15 is 0 Å². The number of halogens is 7. The summed E-state index contributed by atoms with van der Waals surface area (Å²) >= 11 is 5.87. The molecule has 0 spiro atoms. The molecule has 218 valence electrons. The lowest BCUT2D eigenvalue weighted by Gasteiger charge is -2.16. The van der Waals surface area contributed by atoms with E-state index in [0.717, 1.165) is 27.8 Å². The molecule has 0 aliphatic carbocycles. The lowest BCUT2D eigenvalue weighted by molar-refractivity contribution is -0.141. The summed E-state index contributed by atoms with van der Waals surface area (Å²) in [4.78, 5) is 11.3. The van der Waals surface area contributed by atoms with Crippen molar-refractivity contribution in [2.75, 3.05) is 6.26 Å². The normalized spacial score (nSPS) is 12.6. The highest BCUT2D eigenvalue weighted by atomic mass is 35.5. The summed E-state index contributed by atoms with van der Waals surface area (Å²) in [7, 11) is -3.60. The van der Waals surface area contributed by atoms with Gasteiger partial charge in [0.25, 0.3) is 0 Å². The highest BCUT2D eigenvalue weighted by Crippen LogP contribution is 2.38. The Balaban J connectivity index is 1.82. The SMILES string of the molecule is Cc1nc(C(F)(F)F)cn1-c1ccc(-c2cccc(S(C)(=O)=O)c2)cc1-c1nc(C(F)(F)F)cn1-c1ccc(Cl)nc1. The van der Waals surface area contributed by atoms with Crippen LogP contribution in [-0.4, -0.2) is 38.8 Å². The molecule has 5 aromatic rings. The van der Waals surface area contributed by atoms with E-state index in [1.54, 1.807) is 6.07 Å². The van der Waals surface area contributed by atoms with Crippen LogP contribution in [0, 0.1) is 6.92 Å². The van der Waals surface area contributed by atoms with Gasteiger partial charge in [0, 0.05) is 24.2 Å². The number of hydrogen-bond donors (Lipinski definition) is 0. The van der Waals surface area contributed by atoms with Crippen LogP contribution in [0.15, 0.2) is 78.1 Å². The van der Waals surface area contributed by atoms with Gasteiger partial charge in [0.15, 0.2) is 21.2 Å². The van der Waals surface area contributed by atoms with Crippen LogP contribution in [0.4, 0.5) is 26.3 Å². The largest absolute Gasteiger partial charge is 0.434 e. The Kier molecular flexibility index (Phi) is 7.18. The molecule has 0 aliphatic heterocycles. The molecule has 5 rings (SSSR count). The van der Waals surface area contributed by atoms with Gasteiger partial charge >= 0.3 is 12.4 Å². The average molecular weight is 626 g/mol. The van der Waals surface area contributed by atoms with Crippen molar-refractivity contribution in [3.8, 4) is 33.9 Å². The lowest BCUT2D eigenvalue weighted by Crippen LogP contribution is -2.05. The first-order valence-electron chi connectivity index (χ1n) is 11.9. The van der Waals surface area contributed by atoms with E-state index in [1.807, 2.05) is 0 Å². The molecule has 0 unspecified atom stereocenters. The highest BCUT2D eigenvalue weighted by molar-refractivity contribution is 7.90. The Morgan fingerprint density at radius 1 is 0.810 bits per heavy atom. The number of nitrogens with zero attached hydrogens (tertiary/aromatic N) is 5. The average Bonchev–Trinajstić information content (AvgIpc) is 3.53. The fourth-order valence-electron chi connectivity index (χ4n) is 4.28. The van der Waals surface area contributed by atoms with Crippen LogP contribution in [0.5, 0.6) is 0 Å². The predicted molar refractivity (Wildman–Crippen MR) is 142 cm³/mol. The second-order valence-corrected chi connectivity index (χ2v) is 11.6. The van der Waals surface area contributed by atoms with Crippen molar-refractivity contribution >= 4 is 21.4 Å². The van der Waals surface area contributed by atoms with E-state index in [1.165, 1.54) is 61.7 Å². The molecule has 15 heteroatoms. The Labute approximate surface area is 240 Å². The van der Waals surface area contributed by atoms with Gasteiger partial charge in [-0.1, -0.05) is 29.8 Å². The smallest absolute Gasteiger partial charge is 0.303 e. The summed E-state index contributed by atoms with van der Waals surface area (Å²) in [6.07, 6.45) is -5.93. The first-order chi connectivity index (χ1) is 19.5. The van der Waals surface area contributed by atoms with Gasteiger partial charge in [-0.3, -0.25) is 4.57 Å². The minimum atomic E-state index is -4.87. The van der Waals surface area contributed by atoms with Gasteiger partial charge in [-0.05, 0) is 54.4 Å². The highest BCUT2D eigenvalue weighted by Gasteiger charge is 2.37. The zero-order valence-electron chi connectivity index (χ0n) is 21.5. The predicted octanol–water partition coefficient (Wildman–Crippen LogP) is 7.19. The fourth-order valence-corrected chi connectivity index (χ4v) is 5.06. The summed E-state index contributed by atoms with van der Waals surface area (Å²) in [5.41, 5.74) is -1.51. The van der Waals surface area contributed by atoms with E-state index in [0.29, 0.717) is 11.1 Å². The van der Waals surface area contributed by atoms with Gasteiger partial charge in [0.1, 0.15) is 16.8 Å². The van der Waals surface area contributed by atoms with Crippen LogP contribution >= 0.6 is 11.6 Å². The standard InChI is InChI=1S/C27H18ClF6N5O2S/c1-15-36-22(26(29,30)31)13-38(15)21-8-6-17(16-4-3-5-19(10-16)42(2,40)41)11-20(21)25-37-23(27(32,33)34)14-39(25)18-7-9-24(28)35-12-18/h3-14H,1-2H3. The number of imidazole rings is 2. The molecule has 0 fully saturated rings. The number of alkyl halides is 6. The molecule has 0 radical (unpaired) electrons. The van der Waals surface area contributed by atoms with E-state index in [-0.39, 0.29) is 38.6 Å². The van der Waals surface area contributed by atoms with E-state index in [9.17, 15) is 34.8 Å². The summed E-state index contributed by atoms with van der Waals surface area (Å²) in [6.45, 7) is 1.32. The Morgan fingerprint density at radius 3 is 2.05 bits per heavy atom. The molecule has 0 saturated heterocycles. The Morgan fingerprint density at radius 2 is 1.45 bits per heavy atom. The number of sulfone groups is 1. The first kappa shape index (κ1) is 29.3. The zero-order valence-corrected chi connectivity index (χ0v) is 23.1. The Bertz CT molecular complexity index is 1910. The molecule has 0 amide bonds. The number of hydrogen-bond acceptors (Lipinski definition) is 5. The van der Waals surface area contributed by atoms with Crippen LogP contribution in [0.25, 0.3) is 33.9 Å². The van der Waals surface area contributed by atoms with Gasteiger partial charge in [-0.2, -0.15) is 26.3 Å². The monoisotopic (exact) mass is 625 g/mol. The molecular formula is C27H18ClF6N5O2S. The zero-order chi connectivity index (χ0) is 30.6. The first-order valence-corrected chi connectivity index (χ1v) is 14.2. The molecule has 3 heterocycles. The van der Waals surface area contributed by atoms with E-state index in [4.69, 9.17) is 11.6 Å². The molecular weight excluding hydrogens is 608 g/mol. The van der Waals surface area contributed by atoms with Crippen LogP contribution < -0.4 is 0 Å². The van der Waals surface area contributed by atoms with Crippen molar-refractivity contribution in [2.45, 2.75) is 24.2 Å². The van der Waals surface area contributed by atoms with Crippen LogP contribution in [-0.2, 0) is 22.2 Å². The van der Waals surface area contributed by atoms with Crippen molar-refractivity contribution < 1.29 is 34.8 Å². The second kappa shape index (κ2) is 10.3. The molecule has 0 saturated carbocycles. The number of aromatic nitrogens is 5. The third-order valence-electron chi connectivity index (χ3n) is 6.25. The van der Waals surface area contributed by atoms with E-state index < -0.39 is 33.6 Å². The summed E-state index contributed by atoms with van der Waals surface area (Å²) in [5.74, 6) is -0.359. The second-order valence-electron chi connectivity index (χ2n) is 9.23. The van der Waals surface area contributed by atoms with Gasteiger partial charge in [-0.15, -0.1) is 0 Å². The maximum Gasteiger partial charge on any atom is 0.434 e. The van der Waals surface area contributed by atoms with Crippen molar-refractivity contribution in [3.05, 3.63) is 95.6 Å². The maximum atomic E-state index is 13.9. The van der Waals surface area contributed by atoms with Gasteiger partial charge in [0.05, 0.1) is 22.5 Å². The summed E-state index contributed by atoms with van der Waals surface area (Å²) < 4.78 is 109. The van der Waals surface area contributed by atoms with Crippen molar-refractivity contribution in [1.82, 2.24) is 24.1 Å². The lowest BCUT2D eigenvalue weighted by atomic mass is 10.0. The maximum absolute atomic E-state index is 13.9. The van der Waals surface area contributed by atoms with E-state index in [2.05, 4.69) is 15.0 Å². The minimum Gasteiger partial charge on any atom is -0.303 e. The number of aryl methyl sites for hydroxylation is 1. The van der Waals surface area contributed by atoms with Gasteiger partial charge in [0.2, 0.25) is 0 Å². The van der Waals surface area contributed by atoms with Crippen molar-refractivity contribution in [1.29, 1.82) is 0 Å². The topological polar surface area (TPSA) is 82.7 Å². The number of benzene rings is 2. The fraction of sp³-hybridized carbons (Fsp3) is 0.148. The van der Waals surface area contributed by atoms with Gasteiger partial charge in [-0.25, -0.2) is 23.4 Å². The van der Waals surface area contributed by atoms with Crippen molar-refractivity contribution in [2.24, 2.45) is 0 Å². The molecule has 0 N–H and O–H groups in total. The molecule has 0 bridgehead atoms. The third kappa shape index (κ3) is 5.77. The Hall–Kier alpha value is -4.17. The molecule has 3 aromatic heterocycles. The van der Waals surface area contributed by atoms with Gasteiger partial charge < -0.3 is 4.57 Å². The molecule has 7 nitrogen and oxygen atoms in total.